The standard InChI is InChI=1S/C17H19IN2O/c1-20(13-15-10-6-3-7-11-15)17(21)16(19-18)12-14-8-4-2-5-9-14/h2-11,16,19H,12-13H2,1H3. The van der Waals surface area contributed by atoms with Gasteiger partial charge in [-0.05, 0) is 17.5 Å². The molecule has 110 valence electrons. The van der Waals surface area contributed by atoms with Crippen molar-refractivity contribution in [3.8, 4) is 0 Å². The maximum Gasteiger partial charge on any atom is 0.240 e. The third-order valence-electron chi connectivity index (χ3n) is 3.35. The smallest absolute Gasteiger partial charge is 0.240 e. The van der Waals surface area contributed by atoms with E-state index in [4.69, 9.17) is 0 Å². The van der Waals surface area contributed by atoms with Crippen LogP contribution in [0, 0.1) is 0 Å². The third-order valence-corrected chi connectivity index (χ3v) is 4.10. The normalized spacial score (nSPS) is 11.9. The zero-order chi connectivity index (χ0) is 15.1. The number of nitrogens with one attached hydrogen (secondary N) is 1. The quantitative estimate of drug-likeness (QED) is 0.603. The fourth-order valence-corrected chi connectivity index (χ4v) is 2.71. The molecule has 0 spiro atoms. The lowest BCUT2D eigenvalue weighted by molar-refractivity contribution is -0.132. The van der Waals surface area contributed by atoms with Crippen molar-refractivity contribution in [2.24, 2.45) is 0 Å². The Morgan fingerprint density at radius 1 is 1.05 bits per heavy atom. The van der Waals surface area contributed by atoms with Crippen molar-refractivity contribution in [3.05, 3.63) is 71.8 Å². The summed E-state index contributed by atoms with van der Waals surface area (Å²) < 4.78 is 3.10. The summed E-state index contributed by atoms with van der Waals surface area (Å²) in [6, 6.07) is 19.9. The highest BCUT2D eigenvalue weighted by Gasteiger charge is 2.21. The van der Waals surface area contributed by atoms with E-state index in [9.17, 15) is 4.79 Å². The summed E-state index contributed by atoms with van der Waals surface area (Å²) in [4.78, 5) is 14.3. The van der Waals surface area contributed by atoms with Crippen molar-refractivity contribution >= 4 is 28.8 Å². The molecule has 21 heavy (non-hydrogen) atoms. The van der Waals surface area contributed by atoms with Gasteiger partial charge >= 0.3 is 0 Å². The lowest BCUT2D eigenvalue weighted by Crippen LogP contribution is -2.42. The van der Waals surface area contributed by atoms with Crippen molar-refractivity contribution in [1.29, 1.82) is 0 Å². The van der Waals surface area contributed by atoms with Gasteiger partial charge in [-0.2, -0.15) is 0 Å². The topological polar surface area (TPSA) is 32.3 Å². The Morgan fingerprint density at radius 2 is 1.57 bits per heavy atom. The molecule has 4 heteroatoms. The fraction of sp³-hybridized carbons (Fsp3) is 0.235. The van der Waals surface area contributed by atoms with Crippen molar-refractivity contribution in [2.45, 2.75) is 19.0 Å². The molecule has 0 saturated carbocycles. The molecule has 0 heterocycles. The molecule has 2 aromatic carbocycles. The molecule has 0 radical (unpaired) electrons. The zero-order valence-corrected chi connectivity index (χ0v) is 14.2. The summed E-state index contributed by atoms with van der Waals surface area (Å²) in [6.45, 7) is 0.628. The molecule has 0 bridgehead atoms. The van der Waals surface area contributed by atoms with Crippen molar-refractivity contribution in [1.82, 2.24) is 8.43 Å². The number of amides is 1. The van der Waals surface area contributed by atoms with Crippen molar-refractivity contribution < 1.29 is 4.79 Å². The van der Waals surface area contributed by atoms with Gasteiger partial charge in [0.25, 0.3) is 0 Å². The Bertz CT molecular complexity index is 560. The van der Waals surface area contributed by atoms with Gasteiger partial charge in [0.1, 0.15) is 0 Å². The molecular weight excluding hydrogens is 375 g/mol. The molecule has 0 saturated heterocycles. The van der Waals surface area contributed by atoms with Crippen LogP contribution in [0.3, 0.4) is 0 Å². The predicted molar refractivity (Wildman–Crippen MR) is 94.0 cm³/mol. The number of carbonyl (C=O) groups excluding carboxylic acids is 1. The van der Waals surface area contributed by atoms with Crippen LogP contribution in [0.5, 0.6) is 0 Å². The van der Waals surface area contributed by atoms with E-state index in [1.54, 1.807) is 4.90 Å². The number of carbonyl (C=O) groups is 1. The van der Waals surface area contributed by atoms with E-state index in [0.29, 0.717) is 13.0 Å². The Kier molecular flexibility index (Phi) is 6.20. The molecule has 1 unspecified atom stereocenters. The molecule has 2 aromatic rings. The van der Waals surface area contributed by atoms with Crippen LogP contribution < -0.4 is 3.53 Å². The molecule has 0 aliphatic heterocycles. The van der Waals surface area contributed by atoms with Gasteiger partial charge in [-0.3, -0.25) is 4.79 Å². The first-order valence-electron chi connectivity index (χ1n) is 6.89. The Labute approximate surface area is 139 Å². The molecule has 1 atom stereocenters. The number of hydrogen-bond donors (Lipinski definition) is 1. The monoisotopic (exact) mass is 394 g/mol. The summed E-state index contributed by atoms with van der Waals surface area (Å²) in [5.41, 5.74) is 2.30. The van der Waals surface area contributed by atoms with Gasteiger partial charge < -0.3 is 4.90 Å². The summed E-state index contributed by atoms with van der Waals surface area (Å²) >= 11 is 2.06. The maximum atomic E-state index is 12.5. The lowest BCUT2D eigenvalue weighted by Gasteiger charge is -2.23. The van der Waals surface area contributed by atoms with E-state index in [0.717, 1.165) is 11.1 Å². The summed E-state index contributed by atoms with van der Waals surface area (Å²) in [7, 11) is 1.85. The van der Waals surface area contributed by atoms with Gasteiger partial charge in [-0.15, -0.1) is 0 Å². The summed E-state index contributed by atoms with van der Waals surface area (Å²) in [5, 5.41) is 0. The Balaban J connectivity index is 1.99. The largest absolute Gasteiger partial charge is 0.340 e. The number of hydrogen-bond acceptors (Lipinski definition) is 2. The molecule has 3 nitrogen and oxygen atoms in total. The number of benzene rings is 2. The van der Waals surface area contributed by atoms with Crippen molar-refractivity contribution in [2.75, 3.05) is 7.05 Å². The third kappa shape index (κ3) is 4.82. The van der Waals surface area contributed by atoms with E-state index < -0.39 is 0 Å². The highest BCUT2D eigenvalue weighted by Crippen LogP contribution is 2.09. The molecule has 2 rings (SSSR count). The van der Waals surface area contributed by atoms with Crippen LogP contribution in [-0.4, -0.2) is 23.9 Å². The minimum absolute atomic E-state index is 0.108. The predicted octanol–water partition coefficient (Wildman–Crippen LogP) is 3.20. The second-order valence-corrected chi connectivity index (χ2v) is 5.65. The molecule has 1 amide bonds. The van der Waals surface area contributed by atoms with E-state index >= 15 is 0 Å². The van der Waals surface area contributed by atoms with Crippen LogP contribution in [0.1, 0.15) is 11.1 Å². The van der Waals surface area contributed by atoms with Gasteiger partial charge in [0.05, 0.1) is 6.04 Å². The minimum atomic E-state index is -0.207. The van der Waals surface area contributed by atoms with E-state index in [2.05, 4.69) is 26.4 Å². The molecule has 1 N–H and O–H groups in total. The van der Waals surface area contributed by atoms with E-state index in [1.165, 1.54) is 0 Å². The van der Waals surface area contributed by atoms with Crippen LogP contribution in [0.4, 0.5) is 0 Å². The highest BCUT2D eigenvalue weighted by atomic mass is 127. The number of likely N-dealkylation sites (N-methyl/N-ethyl adjacent to an activating group) is 1. The minimum Gasteiger partial charge on any atom is -0.340 e. The first-order valence-corrected chi connectivity index (χ1v) is 7.97. The Hall–Kier alpha value is -1.40. The number of rotatable bonds is 6. The SMILES string of the molecule is CN(Cc1ccccc1)C(=O)C(Cc1ccccc1)NI. The van der Waals surface area contributed by atoms with E-state index in [1.807, 2.05) is 67.7 Å². The summed E-state index contributed by atoms with van der Waals surface area (Å²) in [6.07, 6.45) is 0.696. The van der Waals surface area contributed by atoms with Gasteiger partial charge in [0, 0.05) is 36.5 Å². The molecule has 0 aliphatic rings. The summed E-state index contributed by atoms with van der Waals surface area (Å²) in [5.74, 6) is 0.108. The van der Waals surface area contributed by atoms with Crippen LogP contribution in [0.2, 0.25) is 0 Å². The van der Waals surface area contributed by atoms with E-state index in [-0.39, 0.29) is 11.9 Å². The average Bonchev–Trinajstić information content (AvgIpc) is 2.54. The molecule has 0 fully saturated rings. The molecular formula is C17H19IN2O. The van der Waals surface area contributed by atoms with Crippen LogP contribution in [-0.2, 0) is 17.8 Å². The van der Waals surface area contributed by atoms with Crippen molar-refractivity contribution in [3.63, 3.8) is 0 Å². The lowest BCUT2D eigenvalue weighted by atomic mass is 10.1. The number of nitrogens with zero attached hydrogens (tertiary/aromatic N) is 1. The first-order chi connectivity index (χ1) is 10.2. The average molecular weight is 394 g/mol. The number of halogens is 1. The zero-order valence-electron chi connectivity index (χ0n) is 12.0. The fourth-order valence-electron chi connectivity index (χ4n) is 2.22. The van der Waals surface area contributed by atoms with Gasteiger partial charge in [0.2, 0.25) is 5.91 Å². The Morgan fingerprint density at radius 3 is 2.10 bits per heavy atom. The van der Waals surface area contributed by atoms with Gasteiger partial charge in [0.15, 0.2) is 0 Å². The second-order valence-electron chi connectivity index (χ2n) is 5.03. The second kappa shape index (κ2) is 8.14. The van der Waals surface area contributed by atoms with Gasteiger partial charge in [-0.25, -0.2) is 3.53 Å². The van der Waals surface area contributed by atoms with Crippen LogP contribution >= 0.6 is 22.9 Å². The van der Waals surface area contributed by atoms with Crippen LogP contribution in [0.25, 0.3) is 0 Å². The highest BCUT2D eigenvalue weighted by molar-refractivity contribution is 14.1. The van der Waals surface area contributed by atoms with Crippen LogP contribution in [0.15, 0.2) is 60.7 Å². The first kappa shape index (κ1) is 16.0. The van der Waals surface area contributed by atoms with Gasteiger partial charge in [-0.1, -0.05) is 60.7 Å². The maximum absolute atomic E-state index is 12.5. The molecule has 0 aromatic heterocycles. The molecule has 0 aliphatic carbocycles.